The van der Waals surface area contributed by atoms with Crippen LogP contribution in [0.5, 0.6) is 5.75 Å². The lowest BCUT2D eigenvalue weighted by molar-refractivity contribution is -0.122. The first kappa shape index (κ1) is 18.0. The van der Waals surface area contributed by atoms with Crippen LogP contribution in [0.15, 0.2) is 33.5 Å². The molecule has 1 aliphatic carbocycles. The minimum absolute atomic E-state index is 0.139. The molecule has 3 rings (SSSR count). The summed E-state index contributed by atoms with van der Waals surface area (Å²) in [6.07, 6.45) is 4.79. The Kier molecular flexibility index (Phi) is 5.55. The topological polar surface area (TPSA) is 97.6 Å². The molecule has 0 radical (unpaired) electrons. The van der Waals surface area contributed by atoms with E-state index in [1.165, 1.54) is 6.07 Å². The summed E-state index contributed by atoms with van der Waals surface area (Å²) in [5.74, 6) is -0.149. The van der Waals surface area contributed by atoms with E-state index in [9.17, 15) is 14.4 Å². The highest BCUT2D eigenvalue weighted by atomic mass is 16.5. The van der Waals surface area contributed by atoms with Crippen LogP contribution in [0.1, 0.15) is 38.2 Å². The number of benzene rings is 1. The second kappa shape index (κ2) is 8.03. The van der Waals surface area contributed by atoms with Crippen LogP contribution in [-0.4, -0.2) is 24.6 Å². The highest BCUT2D eigenvalue weighted by Gasteiger charge is 2.18. The van der Waals surface area contributed by atoms with Crippen LogP contribution < -0.4 is 21.0 Å². The monoisotopic (exact) mass is 358 g/mol. The molecular weight excluding hydrogens is 336 g/mol. The van der Waals surface area contributed by atoms with Gasteiger partial charge in [-0.15, -0.1) is 0 Å². The molecule has 0 bridgehead atoms. The van der Waals surface area contributed by atoms with Crippen molar-refractivity contribution in [1.82, 2.24) is 10.6 Å². The second-order valence-electron chi connectivity index (χ2n) is 6.39. The highest BCUT2D eigenvalue weighted by molar-refractivity contribution is 5.95. The predicted molar refractivity (Wildman–Crippen MR) is 96.3 cm³/mol. The van der Waals surface area contributed by atoms with Crippen LogP contribution >= 0.6 is 0 Å². The Labute approximate surface area is 150 Å². The number of hydrogen-bond acceptors (Lipinski definition) is 5. The summed E-state index contributed by atoms with van der Waals surface area (Å²) in [7, 11) is 0. The average Bonchev–Trinajstić information content (AvgIpc) is 3.11. The molecule has 26 heavy (non-hydrogen) atoms. The zero-order chi connectivity index (χ0) is 18.5. The number of carbonyl (C=O) groups excluding carboxylic acids is 2. The quantitative estimate of drug-likeness (QED) is 0.801. The number of hydrogen-bond donors (Lipinski definition) is 2. The molecule has 7 heteroatoms. The summed E-state index contributed by atoms with van der Waals surface area (Å²) in [4.78, 5) is 35.2. The third-order valence-corrected chi connectivity index (χ3v) is 4.50. The van der Waals surface area contributed by atoms with Gasteiger partial charge in [0.2, 0.25) is 0 Å². The number of fused-ring (bicyclic) bond motifs is 1. The van der Waals surface area contributed by atoms with Gasteiger partial charge < -0.3 is 14.5 Å². The highest BCUT2D eigenvalue weighted by Crippen LogP contribution is 2.23. The minimum atomic E-state index is -0.538. The number of amides is 3. The zero-order valence-corrected chi connectivity index (χ0v) is 14.7. The van der Waals surface area contributed by atoms with Gasteiger partial charge in [-0.1, -0.05) is 19.8 Å². The van der Waals surface area contributed by atoms with Crippen LogP contribution in [-0.2, 0) is 11.2 Å². The van der Waals surface area contributed by atoms with E-state index in [0.717, 1.165) is 36.6 Å². The molecule has 0 spiro atoms. The predicted octanol–water partition coefficient (Wildman–Crippen LogP) is 2.50. The van der Waals surface area contributed by atoms with Gasteiger partial charge in [0.05, 0.1) is 0 Å². The van der Waals surface area contributed by atoms with Crippen LogP contribution in [0.2, 0.25) is 0 Å². The van der Waals surface area contributed by atoms with Gasteiger partial charge in [-0.05, 0) is 37.0 Å². The first-order valence-electron chi connectivity index (χ1n) is 8.85. The van der Waals surface area contributed by atoms with Crippen LogP contribution in [0.25, 0.3) is 11.0 Å². The maximum Gasteiger partial charge on any atom is 0.336 e. The van der Waals surface area contributed by atoms with E-state index >= 15 is 0 Å². The number of nitrogens with one attached hydrogen (secondary N) is 2. The largest absolute Gasteiger partial charge is 0.484 e. The van der Waals surface area contributed by atoms with Crippen LogP contribution in [0.4, 0.5) is 4.79 Å². The van der Waals surface area contributed by atoms with Gasteiger partial charge in [-0.25, -0.2) is 9.59 Å². The lowest BCUT2D eigenvalue weighted by Gasteiger charge is -2.12. The number of urea groups is 1. The van der Waals surface area contributed by atoms with Crippen molar-refractivity contribution in [2.45, 2.75) is 45.1 Å². The van der Waals surface area contributed by atoms with Gasteiger partial charge in [-0.2, -0.15) is 0 Å². The molecule has 1 fully saturated rings. The molecule has 0 aliphatic heterocycles. The van der Waals surface area contributed by atoms with Crippen molar-refractivity contribution in [3.05, 3.63) is 40.2 Å². The maximum atomic E-state index is 11.8. The van der Waals surface area contributed by atoms with E-state index < -0.39 is 17.6 Å². The van der Waals surface area contributed by atoms with E-state index in [1.54, 1.807) is 18.2 Å². The summed E-state index contributed by atoms with van der Waals surface area (Å²) in [6.45, 7) is 1.65. The van der Waals surface area contributed by atoms with E-state index in [0.29, 0.717) is 17.8 Å². The Morgan fingerprint density at radius 2 is 2.00 bits per heavy atom. The first-order chi connectivity index (χ1) is 12.5. The molecule has 1 aromatic heterocycles. The van der Waals surface area contributed by atoms with Gasteiger partial charge in [0.25, 0.3) is 5.91 Å². The van der Waals surface area contributed by atoms with Crippen LogP contribution in [0, 0.1) is 0 Å². The standard InChI is InChI=1S/C19H22N2O5/c1-2-12-9-18(23)26-16-10-14(7-8-15(12)16)25-11-17(22)21-19(24)20-13-5-3-4-6-13/h7-10,13H,2-6,11H2,1H3,(H2,20,21,22,24). The number of aryl methyl sites for hydroxylation is 1. The van der Waals surface area contributed by atoms with E-state index in [-0.39, 0.29) is 12.6 Å². The Bertz CT molecular complexity index is 868. The summed E-state index contributed by atoms with van der Waals surface area (Å²) in [6, 6.07) is 6.17. The molecule has 7 nitrogen and oxygen atoms in total. The molecule has 2 N–H and O–H groups in total. The molecule has 0 unspecified atom stereocenters. The van der Waals surface area contributed by atoms with Crippen molar-refractivity contribution in [2.24, 2.45) is 0 Å². The molecule has 138 valence electrons. The third kappa shape index (κ3) is 4.41. The molecule has 1 heterocycles. The molecule has 3 amide bonds. The van der Waals surface area contributed by atoms with Crippen LogP contribution in [0.3, 0.4) is 0 Å². The minimum Gasteiger partial charge on any atom is -0.484 e. The molecule has 1 aromatic carbocycles. The van der Waals surface area contributed by atoms with E-state index in [4.69, 9.17) is 9.15 Å². The first-order valence-corrected chi connectivity index (χ1v) is 8.85. The van der Waals surface area contributed by atoms with E-state index in [1.807, 2.05) is 6.92 Å². The van der Waals surface area contributed by atoms with Crippen molar-refractivity contribution >= 4 is 22.9 Å². The smallest absolute Gasteiger partial charge is 0.336 e. The number of carbonyl (C=O) groups is 2. The fraction of sp³-hybridized carbons (Fsp3) is 0.421. The lowest BCUT2D eigenvalue weighted by atomic mass is 10.1. The molecule has 1 aliphatic rings. The van der Waals surface area contributed by atoms with Crippen molar-refractivity contribution in [3.63, 3.8) is 0 Å². The van der Waals surface area contributed by atoms with E-state index in [2.05, 4.69) is 10.6 Å². The van der Waals surface area contributed by atoms with Crippen molar-refractivity contribution in [3.8, 4) is 5.75 Å². The second-order valence-corrected chi connectivity index (χ2v) is 6.39. The van der Waals surface area contributed by atoms with Crippen molar-refractivity contribution in [2.75, 3.05) is 6.61 Å². The van der Waals surface area contributed by atoms with Gasteiger partial charge in [0, 0.05) is 23.6 Å². The van der Waals surface area contributed by atoms with Crippen molar-refractivity contribution < 1.29 is 18.7 Å². The van der Waals surface area contributed by atoms with Gasteiger partial charge in [0.15, 0.2) is 6.61 Å². The molecule has 0 atom stereocenters. The molecule has 1 saturated carbocycles. The molecule has 2 aromatic rings. The molecular formula is C19H22N2O5. The fourth-order valence-corrected chi connectivity index (χ4v) is 3.20. The van der Waals surface area contributed by atoms with Gasteiger partial charge in [-0.3, -0.25) is 10.1 Å². The summed E-state index contributed by atoms with van der Waals surface area (Å²) < 4.78 is 10.6. The summed E-state index contributed by atoms with van der Waals surface area (Å²) in [5, 5.41) is 5.86. The Balaban J connectivity index is 1.57. The lowest BCUT2D eigenvalue weighted by Crippen LogP contribution is -2.45. The Hall–Kier alpha value is -2.83. The SMILES string of the molecule is CCc1cc(=O)oc2cc(OCC(=O)NC(=O)NC3CCCC3)ccc12. The number of rotatable bonds is 5. The van der Waals surface area contributed by atoms with Gasteiger partial charge >= 0.3 is 11.7 Å². The maximum absolute atomic E-state index is 11.8. The van der Waals surface area contributed by atoms with Crippen molar-refractivity contribution in [1.29, 1.82) is 0 Å². The normalized spacial score (nSPS) is 14.3. The summed E-state index contributed by atoms with van der Waals surface area (Å²) in [5.41, 5.74) is 0.878. The fourth-order valence-electron chi connectivity index (χ4n) is 3.20. The zero-order valence-electron chi connectivity index (χ0n) is 14.7. The third-order valence-electron chi connectivity index (χ3n) is 4.50. The number of ether oxygens (including phenoxy) is 1. The van der Waals surface area contributed by atoms with Gasteiger partial charge in [0.1, 0.15) is 11.3 Å². The Morgan fingerprint density at radius 1 is 1.23 bits per heavy atom. The Morgan fingerprint density at radius 3 is 2.73 bits per heavy atom. The average molecular weight is 358 g/mol. The molecule has 0 saturated heterocycles. The summed E-state index contributed by atoms with van der Waals surface area (Å²) >= 11 is 0. The number of imide groups is 1.